The van der Waals surface area contributed by atoms with Gasteiger partial charge in [0.2, 0.25) is 5.91 Å². The van der Waals surface area contributed by atoms with Crippen molar-refractivity contribution >= 4 is 50.8 Å². The van der Waals surface area contributed by atoms with Crippen LogP contribution >= 0.6 is 28.1 Å². The molecule has 0 aliphatic carbocycles. The maximum absolute atomic E-state index is 12.1. The standard InChI is InChI=1S/C18H18BrN3O2S/c1-20-16(23)11-4-12-2-9-15(10-3-12)21-18(25)22-17(24)13-5-7-14(19)8-6-13/h2-3,5-10H,4,11H2,1H3,(H,20,23)(H2,21,22,24,25). The van der Waals surface area contributed by atoms with Gasteiger partial charge >= 0.3 is 0 Å². The van der Waals surface area contributed by atoms with Crippen LogP contribution in [0, 0.1) is 0 Å². The summed E-state index contributed by atoms with van der Waals surface area (Å²) in [4.78, 5) is 23.3. The molecule has 2 aromatic rings. The molecule has 130 valence electrons. The van der Waals surface area contributed by atoms with E-state index >= 15 is 0 Å². The third kappa shape index (κ3) is 6.28. The number of hydrogen-bond acceptors (Lipinski definition) is 3. The highest BCUT2D eigenvalue weighted by Crippen LogP contribution is 2.12. The Hall–Kier alpha value is -2.25. The number of rotatable bonds is 5. The fourth-order valence-electron chi connectivity index (χ4n) is 2.08. The molecule has 0 aliphatic rings. The lowest BCUT2D eigenvalue weighted by Crippen LogP contribution is -2.34. The summed E-state index contributed by atoms with van der Waals surface area (Å²) in [5, 5.41) is 8.43. The molecule has 0 heterocycles. The fraction of sp³-hybridized carbons (Fsp3) is 0.167. The summed E-state index contributed by atoms with van der Waals surface area (Å²) in [6.07, 6.45) is 1.12. The van der Waals surface area contributed by atoms with Crippen molar-refractivity contribution in [3.63, 3.8) is 0 Å². The molecule has 2 aromatic carbocycles. The minimum atomic E-state index is -0.271. The van der Waals surface area contributed by atoms with E-state index in [2.05, 4.69) is 31.9 Å². The number of halogens is 1. The van der Waals surface area contributed by atoms with Crippen molar-refractivity contribution in [2.24, 2.45) is 0 Å². The van der Waals surface area contributed by atoms with Crippen LogP contribution in [0.5, 0.6) is 0 Å². The van der Waals surface area contributed by atoms with Crippen molar-refractivity contribution < 1.29 is 9.59 Å². The predicted molar refractivity (Wildman–Crippen MR) is 107 cm³/mol. The highest BCUT2D eigenvalue weighted by atomic mass is 79.9. The first-order valence-corrected chi connectivity index (χ1v) is 8.85. The van der Waals surface area contributed by atoms with Crippen molar-refractivity contribution in [3.8, 4) is 0 Å². The van der Waals surface area contributed by atoms with Gasteiger partial charge in [0, 0.05) is 29.2 Å². The summed E-state index contributed by atoms with van der Waals surface area (Å²) in [7, 11) is 1.62. The molecule has 0 fully saturated rings. The van der Waals surface area contributed by atoms with Crippen LogP contribution in [-0.4, -0.2) is 24.0 Å². The Morgan fingerprint density at radius 3 is 2.28 bits per heavy atom. The van der Waals surface area contributed by atoms with E-state index in [1.165, 1.54) is 0 Å². The average Bonchev–Trinajstić information content (AvgIpc) is 2.61. The molecule has 0 atom stereocenters. The second-order valence-corrected chi connectivity index (χ2v) is 6.61. The lowest BCUT2D eigenvalue weighted by atomic mass is 10.1. The number of aryl methyl sites for hydroxylation is 1. The number of nitrogens with one attached hydrogen (secondary N) is 3. The second kappa shape index (κ2) is 9.29. The van der Waals surface area contributed by atoms with E-state index in [0.717, 1.165) is 15.7 Å². The summed E-state index contributed by atoms with van der Waals surface area (Å²) < 4.78 is 0.904. The first-order chi connectivity index (χ1) is 12.0. The molecule has 0 unspecified atom stereocenters. The molecule has 0 aromatic heterocycles. The molecule has 2 rings (SSSR count). The zero-order chi connectivity index (χ0) is 18.2. The summed E-state index contributed by atoms with van der Waals surface area (Å²) in [5.41, 5.74) is 2.35. The van der Waals surface area contributed by atoms with Crippen LogP contribution in [0.25, 0.3) is 0 Å². The monoisotopic (exact) mass is 419 g/mol. The second-order valence-electron chi connectivity index (χ2n) is 5.29. The molecule has 5 nitrogen and oxygen atoms in total. The van der Waals surface area contributed by atoms with E-state index in [0.29, 0.717) is 18.4 Å². The van der Waals surface area contributed by atoms with Gasteiger partial charge in [-0.25, -0.2) is 0 Å². The van der Waals surface area contributed by atoms with Crippen LogP contribution in [0.1, 0.15) is 22.3 Å². The van der Waals surface area contributed by atoms with Gasteiger partial charge in [0.05, 0.1) is 0 Å². The number of carbonyl (C=O) groups is 2. The summed E-state index contributed by atoms with van der Waals surface area (Å²) >= 11 is 8.49. The zero-order valence-corrected chi connectivity index (χ0v) is 16.0. The topological polar surface area (TPSA) is 70.2 Å². The Bertz CT molecular complexity index is 761. The first kappa shape index (κ1) is 19.1. The highest BCUT2D eigenvalue weighted by Gasteiger charge is 2.08. The van der Waals surface area contributed by atoms with Crippen molar-refractivity contribution in [1.29, 1.82) is 0 Å². The van der Waals surface area contributed by atoms with Crippen molar-refractivity contribution in [1.82, 2.24) is 10.6 Å². The Morgan fingerprint density at radius 1 is 1.04 bits per heavy atom. The highest BCUT2D eigenvalue weighted by molar-refractivity contribution is 9.10. The van der Waals surface area contributed by atoms with Crippen LogP contribution in [0.4, 0.5) is 5.69 Å². The minimum Gasteiger partial charge on any atom is -0.359 e. The first-order valence-electron chi connectivity index (χ1n) is 7.65. The summed E-state index contributed by atoms with van der Waals surface area (Å²) in [6.45, 7) is 0. The van der Waals surface area contributed by atoms with Crippen LogP contribution in [0.2, 0.25) is 0 Å². The van der Waals surface area contributed by atoms with E-state index in [1.54, 1.807) is 31.3 Å². The third-order valence-electron chi connectivity index (χ3n) is 3.46. The van der Waals surface area contributed by atoms with Crippen LogP contribution in [0.3, 0.4) is 0 Å². The molecule has 0 saturated heterocycles. The van der Waals surface area contributed by atoms with Gasteiger partial charge in [0.15, 0.2) is 5.11 Å². The SMILES string of the molecule is CNC(=O)CCc1ccc(NC(=S)NC(=O)c2ccc(Br)cc2)cc1. The lowest BCUT2D eigenvalue weighted by molar-refractivity contribution is -0.120. The summed E-state index contributed by atoms with van der Waals surface area (Å²) in [5.74, 6) is -0.258. The van der Waals surface area contributed by atoms with Gasteiger partial charge in [-0.3, -0.25) is 14.9 Å². The van der Waals surface area contributed by atoms with E-state index in [1.807, 2.05) is 24.3 Å². The molecule has 0 bridgehead atoms. The molecule has 0 saturated carbocycles. The van der Waals surface area contributed by atoms with Crippen molar-refractivity contribution in [2.75, 3.05) is 12.4 Å². The average molecular weight is 420 g/mol. The molecular formula is C18H18BrN3O2S. The molecule has 0 aliphatic heterocycles. The van der Waals surface area contributed by atoms with Crippen LogP contribution in [-0.2, 0) is 11.2 Å². The Labute approximate surface area is 160 Å². The molecule has 0 spiro atoms. The quantitative estimate of drug-likeness (QED) is 0.650. The number of amides is 2. The zero-order valence-electron chi connectivity index (χ0n) is 13.6. The maximum atomic E-state index is 12.1. The molecule has 7 heteroatoms. The molecule has 0 radical (unpaired) electrons. The van der Waals surface area contributed by atoms with E-state index in [-0.39, 0.29) is 16.9 Å². The van der Waals surface area contributed by atoms with E-state index < -0.39 is 0 Å². The molecule has 25 heavy (non-hydrogen) atoms. The number of thiocarbonyl (C=S) groups is 1. The van der Waals surface area contributed by atoms with E-state index in [4.69, 9.17) is 12.2 Å². The summed E-state index contributed by atoms with van der Waals surface area (Å²) in [6, 6.07) is 14.6. The number of anilines is 1. The van der Waals surface area contributed by atoms with Gasteiger partial charge in [-0.15, -0.1) is 0 Å². The minimum absolute atomic E-state index is 0.0130. The van der Waals surface area contributed by atoms with Crippen LogP contribution in [0.15, 0.2) is 53.0 Å². The Balaban J connectivity index is 1.86. The van der Waals surface area contributed by atoms with Crippen LogP contribution < -0.4 is 16.0 Å². The number of benzene rings is 2. The predicted octanol–water partition coefficient (Wildman–Crippen LogP) is 3.25. The largest absolute Gasteiger partial charge is 0.359 e. The lowest BCUT2D eigenvalue weighted by Gasteiger charge is -2.10. The number of hydrogen-bond donors (Lipinski definition) is 3. The van der Waals surface area contributed by atoms with Crippen molar-refractivity contribution in [3.05, 3.63) is 64.1 Å². The van der Waals surface area contributed by atoms with E-state index in [9.17, 15) is 9.59 Å². The normalized spacial score (nSPS) is 10.0. The molecular weight excluding hydrogens is 402 g/mol. The third-order valence-corrected chi connectivity index (χ3v) is 4.20. The Kier molecular flexibility index (Phi) is 7.09. The van der Waals surface area contributed by atoms with Crippen molar-refractivity contribution in [2.45, 2.75) is 12.8 Å². The smallest absolute Gasteiger partial charge is 0.257 e. The maximum Gasteiger partial charge on any atom is 0.257 e. The number of carbonyl (C=O) groups excluding carboxylic acids is 2. The Morgan fingerprint density at radius 2 is 1.68 bits per heavy atom. The molecule has 2 amide bonds. The van der Waals surface area contributed by atoms with Gasteiger partial charge in [0.25, 0.3) is 5.91 Å². The van der Waals surface area contributed by atoms with Gasteiger partial charge in [-0.1, -0.05) is 28.1 Å². The van der Waals surface area contributed by atoms with Gasteiger partial charge < -0.3 is 10.6 Å². The fourth-order valence-corrected chi connectivity index (χ4v) is 2.55. The molecule has 3 N–H and O–H groups in total. The van der Waals surface area contributed by atoms with Gasteiger partial charge in [0.1, 0.15) is 0 Å². The van der Waals surface area contributed by atoms with Gasteiger partial charge in [-0.05, 0) is 60.6 Å². The van der Waals surface area contributed by atoms with Gasteiger partial charge in [-0.2, -0.15) is 0 Å².